The molecule has 0 saturated carbocycles. The molecule has 0 N–H and O–H groups in total. The lowest BCUT2D eigenvalue weighted by Gasteiger charge is -2.33. The van der Waals surface area contributed by atoms with E-state index < -0.39 is 0 Å². The number of piperazine rings is 1. The Morgan fingerprint density at radius 1 is 1.12 bits per heavy atom. The highest BCUT2D eigenvalue weighted by Crippen LogP contribution is 2.22. The minimum atomic E-state index is -0.0562. The Balaban J connectivity index is 1.34. The van der Waals surface area contributed by atoms with Crippen molar-refractivity contribution in [2.75, 3.05) is 26.2 Å². The summed E-state index contributed by atoms with van der Waals surface area (Å²) in [6, 6.07) is 10.9. The summed E-state index contributed by atoms with van der Waals surface area (Å²) < 4.78 is 10.8. The molecule has 6 nitrogen and oxygen atoms in total. The van der Waals surface area contributed by atoms with E-state index in [0.717, 1.165) is 24.3 Å². The lowest BCUT2D eigenvalue weighted by atomic mass is 10.2. The number of rotatable bonds is 4. The number of oxazole rings is 1. The molecular formula is C19H18ClN3O3. The fraction of sp³-hybridized carbons (Fsp3) is 0.263. The van der Waals surface area contributed by atoms with Crippen LogP contribution in [0.2, 0.25) is 5.02 Å². The van der Waals surface area contributed by atoms with Gasteiger partial charge in [0.15, 0.2) is 5.76 Å². The topological polar surface area (TPSA) is 62.7 Å². The highest BCUT2D eigenvalue weighted by molar-refractivity contribution is 6.30. The van der Waals surface area contributed by atoms with Gasteiger partial charge in [0.1, 0.15) is 6.26 Å². The number of aromatic nitrogens is 1. The second-order valence-corrected chi connectivity index (χ2v) is 6.64. The van der Waals surface area contributed by atoms with Crippen molar-refractivity contribution in [2.45, 2.75) is 6.54 Å². The van der Waals surface area contributed by atoms with Crippen molar-refractivity contribution in [2.24, 2.45) is 0 Å². The lowest BCUT2D eigenvalue weighted by molar-refractivity contribution is 0.0596. The van der Waals surface area contributed by atoms with Crippen molar-refractivity contribution in [1.82, 2.24) is 14.8 Å². The van der Waals surface area contributed by atoms with E-state index >= 15 is 0 Å². The third-order valence-electron chi connectivity index (χ3n) is 4.40. The average Bonchev–Trinajstić information content (AvgIpc) is 3.34. The molecule has 1 fully saturated rings. The zero-order valence-corrected chi connectivity index (χ0v) is 14.9. The summed E-state index contributed by atoms with van der Waals surface area (Å²) >= 11 is 6.02. The van der Waals surface area contributed by atoms with E-state index in [1.807, 2.05) is 29.2 Å². The van der Waals surface area contributed by atoms with Crippen molar-refractivity contribution in [3.8, 4) is 11.5 Å². The van der Waals surface area contributed by atoms with E-state index in [4.69, 9.17) is 20.4 Å². The van der Waals surface area contributed by atoms with Gasteiger partial charge in [0.25, 0.3) is 5.91 Å². The average molecular weight is 372 g/mol. The predicted molar refractivity (Wildman–Crippen MR) is 96.8 cm³/mol. The fourth-order valence-electron chi connectivity index (χ4n) is 3.03. The molecule has 0 unspecified atom stereocenters. The minimum Gasteiger partial charge on any atom is -0.459 e. The van der Waals surface area contributed by atoms with Crippen LogP contribution in [0.1, 0.15) is 16.2 Å². The second-order valence-electron chi connectivity index (χ2n) is 6.20. The van der Waals surface area contributed by atoms with E-state index in [1.165, 1.54) is 6.26 Å². The molecule has 3 heterocycles. The number of nitrogens with zero attached hydrogens (tertiary/aromatic N) is 3. The smallest absolute Gasteiger partial charge is 0.289 e. The fourth-order valence-corrected chi connectivity index (χ4v) is 3.22. The van der Waals surface area contributed by atoms with Crippen molar-refractivity contribution >= 4 is 17.5 Å². The Kier molecular flexibility index (Phi) is 4.77. The van der Waals surface area contributed by atoms with Gasteiger partial charge in [-0.05, 0) is 30.3 Å². The van der Waals surface area contributed by atoms with Crippen molar-refractivity contribution < 1.29 is 13.6 Å². The maximum Gasteiger partial charge on any atom is 0.289 e. The van der Waals surface area contributed by atoms with Crippen LogP contribution >= 0.6 is 11.6 Å². The van der Waals surface area contributed by atoms with Crippen LogP contribution < -0.4 is 0 Å². The van der Waals surface area contributed by atoms with E-state index in [0.29, 0.717) is 36.3 Å². The van der Waals surface area contributed by atoms with Gasteiger partial charge < -0.3 is 13.7 Å². The molecule has 1 saturated heterocycles. The molecule has 0 atom stereocenters. The van der Waals surface area contributed by atoms with Gasteiger partial charge in [0.2, 0.25) is 5.89 Å². The van der Waals surface area contributed by atoms with Crippen LogP contribution in [0.4, 0.5) is 0 Å². The van der Waals surface area contributed by atoms with Gasteiger partial charge in [-0.2, -0.15) is 0 Å². The zero-order chi connectivity index (χ0) is 17.9. The summed E-state index contributed by atoms with van der Waals surface area (Å²) in [5.41, 5.74) is 1.73. The first-order chi connectivity index (χ1) is 12.7. The monoisotopic (exact) mass is 371 g/mol. The number of halogens is 1. The van der Waals surface area contributed by atoms with Gasteiger partial charge in [-0.25, -0.2) is 4.98 Å². The van der Waals surface area contributed by atoms with E-state index in [9.17, 15) is 4.79 Å². The van der Waals surface area contributed by atoms with Crippen LogP contribution in [0.25, 0.3) is 11.5 Å². The first-order valence-corrected chi connectivity index (χ1v) is 8.82. The summed E-state index contributed by atoms with van der Waals surface area (Å²) in [6.45, 7) is 3.58. The third-order valence-corrected chi connectivity index (χ3v) is 4.64. The summed E-state index contributed by atoms with van der Waals surface area (Å²) in [5.74, 6) is 0.898. The van der Waals surface area contributed by atoms with E-state index in [-0.39, 0.29) is 5.91 Å². The SMILES string of the molecule is O=C(c1ccco1)N1CCN(Cc2coc(-c3cccc(Cl)c3)n2)CC1. The van der Waals surface area contributed by atoms with Gasteiger partial charge in [-0.15, -0.1) is 0 Å². The van der Waals surface area contributed by atoms with Crippen LogP contribution in [0.3, 0.4) is 0 Å². The second kappa shape index (κ2) is 7.35. The van der Waals surface area contributed by atoms with Gasteiger partial charge >= 0.3 is 0 Å². The third kappa shape index (κ3) is 3.66. The largest absolute Gasteiger partial charge is 0.459 e. The molecule has 0 radical (unpaired) electrons. The van der Waals surface area contributed by atoms with Crippen molar-refractivity contribution in [3.05, 3.63) is 65.4 Å². The first-order valence-electron chi connectivity index (χ1n) is 8.44. The molecule has 4 rings (SSSR count). The van der Waals surface area contributed by atoms with Crippen molar-refractivity contribution in [1.29, 1.82) is 0 Å². The van der Waals surface area contributed by atoms with E-state index in [2.05, 4.69) is 9.88 Å². The Labute approximate surface area is 156 Å². The number of carbonyl (C=O) groups is 1. The quantitative estimate of drug-likeness (QED) is 0.701. The molecule has 0 spiro atoms. The molecule has 134 valence electrons. The molecule has 2 aromatic heterocycles. The summed E-state index contributed by atoms with van der Waals surface area (Å²) in [5, 5.41) is 0.652. The normalized spacial score (nSPS) is 15.3. The molecule has 1 amide bonds. The van der Waals surface area contributed by atoms with E-state index in [1.54, 1.807) is 18.4 Å². The van der Waals surface area contributed by atoms with Crippen molar-refractivity contribution in [3.63, 3.8) is 0 Å². The summed E-state index contributed by atoms with van der Waals surface area (Å²) in [6.07, 6.45) is 3.20. The van der Waals surface area contributed by atoms with Crippen LogP contribution in [0.15, 0.2) is 57.8 Å². The number of carbonyl (C=O) groups excluding carboxylic acids is 1. The molecule has 0 aliphatic carbocycles. The molecule has 1 aliphatic heterocycles. The Bertz CT molecular complexity index is 883. The Hall–Kier alpha value is -2.57. The Morgan fingerprint density at radius 2 is 1.96 bits per heavy atom. The van der Waals surface area contributed by atoms with Gasteiger partial charge in [-0.3, -0.25) is 9.69 Å². The summed E-state index contributed by atoms with van der Waals surface area (Å²) in [4.78, 5) is 20.9. The van der Waals surface area contributed by atoms with Crippen LogP contribution in [-0.4, -0.2) is 46.9 Å². The van der Waals surface area contributed by atoms with Crippen LogP contribution in [0, 0.1) is 0 Å². The highest BCUT2D eigenvalue weighted by Gasteiger charge is 2.24. The first kappa shape index (κ1) is 16.9. The summed E-state index contributed by atoms with van der Waals surface area (Å²) in [7, 11) is 0. The number of hydrogen-bond acceptors (Lipinski definition) is 5. The van der Waals surface area contributed by atoms with Gasteiger partial charge in [0, 0.05) is 43.3 Å². The Morgan fingerprint density at radius 3 is 2.69 bits per heavy atom. The maximum atomic E-state index is 12.3. The minimum absolute atomic E-state index is 0.0562. The zero-order valence-electron chi connectivity index (χ0n) is 14.1. The molecule has 3 aromatic rings. The molecule has 7 heteroatoms. The number of amides is 1. The van der Waals surface area contributed by atoms with Gasteiger partial charge in [0.05, 0.1) is 12.0 Å². The number of hydrogen-bond donors (Lipinski definition) is 0. The standard InChI is InChI=1S/C19H18ClN3O3/c20-15-4-1-3-14(11-15)18-21-16(13-26-18)12-22-6-8-23(9-7-22)19(24)17-5-2-10-25-17/h1-5,10-11,13H,6-9,12H2. The van der Waals surface area contributed by atoms with Crippen LogP contribution in [-0.2, 0) is 6.54 Å². The molecule has 1 aromatic carbocycles. The molecule has 0 bridgehead atoms. The maximum absolute atomic E-state index is 12.3. The highest BCUT2D eigenvalue weighted by atomic mass is 35.5. The number of benzene rings is 1. The van der Waals surface area contributed by atoms with Crippen LogP contribution in [0.5, 0.6) is 0 Å². The molecular weight excluding hydrogens is 354 g/mol. The predicted octanol–water partition coefficient (Wildman–Crippen LogP) is 3.55. The molecule has 1 aliphatic rings. The lowest BCUT2D eigenvalue weighted by Crippen LogP contribution is -2.48. The molecule has 26 heavy (non-hydrogen) atoms. The number of furan rings is 1. The van der Waals surface area contributed by atoms with Gasteiger partial charge in [-0.1, -0.05) is 17.7 Å².